The Morgan fingerprint density at radius 2 is 1.96 bits per heavy atom. The molecule has 1 aliphatic heterocycles. The Bertz CT molecular complexity index is 789. The number of ether oxygens (including phenoxy) is 1. The normalized spacial score (nSPS) is 17.3. The molecule has 1 saturated heterocycles. The van der Waals surface area contributed by atoms with Gasteiger partial charge in [-0.3, -0.25) is 9.69 Å². The van der Waals surface area contributed by atoms with Gasteiger partial charge in [0.2, 0.25) is 5.91 Å². The average Bonchev–Trinajstić information content (AvgIpc) is 2.66. The quantitative estimate of drug-likeness (QED) is 0.702. The maximum Gasteiger partial charge on any atom is 0.224 e. The fourth-order valence-corrected chi connectivity index (χ4v) is 3.98. The second-order valence-corrected chi connectivity index (χ2v) is 8.04. The van der Waals surface area contributed by atoms with Crippen molar-refractivity contribution in [3.05, 3.63) is 64.2 Å². The first kappa shape index (κ1) is 20.7. The number of benzene rings is 2. The molecule has 0 aliphatic carbocycles. The van der Waals surface area contributed by atoms with Crippen LogP contribution in [0.15, 0.2) is 42.5 Å². The second kappa shape index (κ2) is 9.94. The molecule has 0 aromatic heterocycles. The molecule has 0 bridgehead atoms. The number of rotatable bonds is 7. The van der Waals surface area contributed by atoms with Crippen LogP contribution in [0.3, 0.4) is 0 Å². The number of nitrogens with one attached hydrogen (secondary N) is 1. The molecule has 2 aromatic carbocycles. The van der Waals surface area contributed by atoms with Gasteiger partial charge in [0.05, 0.1) is 12.5 Å². The highest BCUT2D eigenvalue weighted by Crippen LogP contribution is 2.22. The lowest BCUT2D eigenvalue weighted by atomic mass is 9.96. The predicted octanol–water partition coefficient (Wildman–Crippen LogP) is 4.36. The second-order valence-electron chi connectivity index (χ2n) is 7.63. The molecule has 28 heavy (non-hydrogen) atoms. The van der Waals surface area contributed by atoms with Gasteiger partial charge in [0, 0.05) is 18.1 Å². The molecule has 3 rings (SSSR count). The van der Waals surface area contributed by atoms with E-state index in [1.54, 1.807) is 0 Å². The highest BCUT2D eigenvalue weighted by Gasteiger charge is 2.25. The third-order valence-electron chi connectivity index (χ3n) is 5.09. The van der Waals surface area contributed by atoms with Gasteiger partial charge in [-0.15, -0.1) is 0 Å². The fraction of sp³-hybridized carbons (Fsp3) is 0.435. The molecule has 0 spiro atoms. The lowest BCUT2D eigenvalue weighted by Gasteiger charge is -2.32. The molecule has 2 aromatic rings. The molecule has 1 aliphatic rings. The zero-order chi connectivity index (χ0) is 19.9. The molecule has 0 radical (unpaired) electrons. The Kier molecular flexibility index (Phi) is 7.35. The van der Waals surface area contributed by atoms with Crippen molar-refractivity contribution in [2.24, 2.45) is 5.92 Å². The molecule has 0 unspecified atom stereocenters. The van der Waals surface area contributed by atoms with Crippen LogP contribution in [0.5, 0.6) is 5.75 Å². The SMILES string of the molecule is Cc1cc(C)cc(OCCNC(=O)[C@@H]2CCCN(Cc3ccccc3Cl)C2)c1. The van der Waals surface area contributed by atoms with E-state index < -0.39 is 0 Å². The first-order valence-corrected chi connectivity index (χ1v) is 10.3. The summed E-state index contributed by atoms with van der Waals surface area (Å²) in [6.07, 6.45) is 1.96. The van der Waals surface area contributed by atoms with Crippen molar-refractivity contribution in [3.8, 4) is 5.75 Å². The number of aryl methyl sites for hydroxylation is 2. The van der Waals surface area contributed by atoms with Gasteiger partial charge in [-0.25, -0.2) is 0 Å². The van der Waals surface area contributed by atoms with Crippen molar-refractivity contribution >= 4 is 17.5 Å². The van der Waals surface area contributed by atoms with E-state index in [1.165, 1.54) is 11.1 Å². The number of amides is 1. The van der Waals surface area contributed by atoms with Crippen LogP contribution >= 0.6 is 11.6 Å². The maximum atomic E-state index is 12.6. The summed E-state index contributed by atoms with van der Waals surface area (Å²) in [5, 5.41) is 3.82. The molecule has 1 heterocycles. The minimum Gasteiger partial charge on any atom is -0.492 e. The molecule has 1 atom stereocenters. The Morgan fingerprint density at radius 1 is 1.21 bits per heavy atom. The third kappa shape index (κ3) is 5.98. The zero-order valence-corrected chi connectivity index (χ0v) is 17.5. The first-order valence-electron chi connectivity index (χ1n) is 9.96. The van der Waals surface area contributed by atoms with Gasteiger partial charge < -0.3 is 10.1 Å². The topological polar surface area (TPSA) is 41.6 Å². The van der Waals surface area contributed by atoms with Crippen LogP contribution in [0.2, 0.25) is 5.02 Å². The summed E-state index contributed by atoms with van der Waals surface area (Å²) in [4.78, 5) is 14.9. The van der Waals surface area contributed by atoms with E-state index in [9.17, 15) is 4.79 Å². The number of halogens is 1. The number of nitrogens with zero attached hydrogens (tertiary/aromatic N) is 1. The van der Waals surface area contributed by atoms with Crippen molar-refractivity contribution in [1.82, 2.24) is 10.2 Å². The summed E-state index contributed by atoms with van der Waals surface area (Å²) < 4.78 is 5.78. The monoisotopic (exact) mass is 400 g/mol. The molecule has 0 saturated carbocycles. The number of carbonyl (C=O) groups is 1. The van der Waals surface area contributed by atoms with E-state index in [-0.39, 0.29) is 11.8 Å². The van der Waals surface area contributed by atoms with Crippen molar-refractivity contribution in [3.63, 3.8) is 0 Å². The van der Waals surface area contributed by atoms with Crippen LogP contribution in [0.1, 0.15) is 29.5 Å². The fourth-order valence-electron chi connectivity index (χ4n) is 3.78. The number of hydrogen-bond acceptors (Lipinski definition) is 3. The summed E-state index contributed by atoms with van der Waals surface area (Å²) in [5.41, 5.74) is 3.48. The van der Waals surface area contributed by atoms with Crippen molar-refractivity contribution in [2.75, 3.05) is 26.2 Å². The van der Waals surface area contributed by atoms with Crippen LogP contribution < -0.4 is 10.1 Å². The molecule has 4 nitrogen and oxygen atoms in total. The number of hydrogen-bond donors (Lipinski definition) is 1. The van der Waals surface area contributed by atoms with Crippen molar-refractivity contribution in [2.45, 2.75) is 33.2 Å². The van der Waals surface area contributed by atoms with Gasteiger partial charge in [-0.05, 0) is 68.1 Å². The number of likely N-dealkylation sites (tertiary alicyclic amines) is 1. The number of carbonyl (C=O) groups excluding carboxylic acids is 1. The Balaban J connectivity index is 1.43. The smallest absolute Gasteiger partial charge is 0.224 e. The van der Waals surface area contributed by atoms with Crippen LogP contribution in [0.25, 0.3) is 0 Å². The Labute approximate surface area is 172 Å². The minimum atomic E-state index is 0.0254. The molecule has 1 amide bonds. The van der Waals surface area contributed by atoms with E-state index in [0.717, 1.165) is 48.8 Å². The van der Waals surface area contributed by atoms with Crippen LogP contribution in [-0.2, 0) is 11.3 Å². The highest BCUT2D eigenvalue weighted by atomic mass is 35.5. The van der Waals surface area contributed by atoms with Gasteiger partial charge >= 0.3 is 0 Å². The summed E-state index contributed by atoms with van der Waals surface area (Å²) in [5.74, 6) is 1.00. The summed E-state index contributed by atoms with van der Waals surface area (Å²) in [6, 6.07) is 14.1. The van der Waals surface area contributed by atoms with E-state index in [0.29, 0.717) is 13.2 Å². The molecular formula is C23H29ClN2O2. The van der Waals surface area contributed by atoms with Gasteiger partial charge in [0.1, 0.15) is 12.4 Å². The molecule has 5 heteroatoms. The van der Waals surface area contributed by atoms with Crippen LogP contribution in [0.4, 0.5) is 0 Å². The van der Waals surface area contributed by atoms with E-state index in [1.807, 2.05) is 30.3 Å². The third-order valence-corrected chi connectivity index (χ3v) is 5.46. The molecule has 1 N–H and O–H groups in total. The zero-order valence-electron chi connectivity index (χ0n) is 16.7. The lowest BCUT2D eigenvalue weighted by Crippen LogP contribution is -2.43. The Morgan fingerprint density at radius 3 is 2.71 bits per heavy atom. The van der Waals surface area contributed by atoms with Gasteiger partial charge in [-0.1, -0.05) is 35.9 Å². The number of piperidine rings is 1. The molecular weight excluding hydrogens is 372 g/mol. The van der Waals surface area contributed by atoms with Gasteiger partial charge in [0.15, 0.2) is 0 Å². The van der Waals surface area contributed by atoms with Crippen LogP contribution in [0, 0.1) is 19.8 Å². The van der Waals surface area contributed by atoms with Crippen LogP contribution in [-0.4, -0.2) is 37.0 Å². The standard InChI is InChI=1S/C23H29ClN2O2/c1-17-12-18(2)14-21(13-17)28-11-9-25-23(27)20-7-5-10-26(16-20)15-19-6-3-4-8-22(19)24/h3-4,6,8,12-14,20H,5,7,9-11,15-16H2,1-2H3,(H,25,27)/t20-/m1/s1. The minimum absolute atomic E-state index is 0.0254. The van der Waals surface area contributed by atoms with E-state index in [2.05, 4.69) is 36.2 Å². The van der Waals surface area contributed by atoms with E-state index >= 15 is 0 Å². The molecule has 150 valence electrons. The largest absolute Gasteiger partial charge is 0.492 e. The van der Waals surface area contributed by atoms with Crippen molar-refractivity contribution < 1.29 is 9.53 Å². The average molecular weight is 401 g/mol. The highest BCUT2D eigenvalue weighted by molar-refractivity contribution is 6.31. The predicted molar refractivity (Wildman–Crippen MR) is 114 cm³/mol. The summed E-state index contributed by atoms with van der Waals surface area (Å²) >= 11 is 6.28. The maximum absolute atomic E-state index is 12.6. The molecule has 1 fully saturated rings. The van der Waals surface area contributed by atoms with E-state index in [4.69, 9.17) is 16.3 Å². The van der Waals surface area contributed by atoms with Gasteiger partial charge in [-0.2, -0.15) is 0 Å². The van der Waals surface area contributed by atoms with Gasteiger partial charge in [0.25, 0.3) is 0 Å². The summed E-state index contributed by atoms with van der Waals surface area (Å²) in [7, 11) is 0. The lowest BCUT2D eigenvalue weighted by molar-refractivity contribution is -0.126. The Hall–Kier alpha value is -2.04. The summed E-state index contributed by atoms with van der Waals surface area (Å²) in [6.45, 7) is 7.68. The first-order chi connectivity index (χ1) is 13.5. The van der Waals surface area contributed by atoms with Crippen molar-refractivity contribution in [1.29, 1.82) is 0 Å².